The molecule has 2 aromatic rings. The van der Waals surface area contributed by atoms with Gasteiger partial charge in [0.2, 0.25) is 5.97 Å². The fourth-order valence-electron chi connectivity index (χ4n) is 3.27. The van der Waals surface area contributed by atoms with Gasteiger partial charge in [-0.25, -0.2) is 0 Å². The molecule has 0 fully saturated rings. The Bertz CT molecular complexity index is 1080. The number of halogens is 1. The zero-order valence-electron chi connectivity index (χ0n) is 15.4. The van der Waals surface area contributed by atoms with Gasteiger partial charge in [0.15, 0.2) is 0 Å². The summed E-state index contributed by atoms with van der Waals surface area (Å²) in [7, 11) is 4.03. The predicted molar refractivity (Wildman–Crippen MR) is 107 cm³/mol. The van der Waals surface area contributed by atoms with Crippen LogP contribution in [0.3, 0.4) is 0 Å². The Labute approximate surface area is 157 Å². The molecule has 0 saturated heterocycles. The van der Waals surface area contributed by atoms with Gasteiger partial charge in [0.1, 0.15) is 5.49 Å². The van der Waals surface area contributed by atoms with E-state index in [-0.39, 0.29) is 12.0 Å². The van der Waals surface area contributed by atoms with Gasteiger partial charge in [0, 0.05) is 36.5 Å². The van der Waals surface area contributed by atoms with Crippen LogP contribution < -0.4 is 15.6 Å². The third-order valence-electron chi connectivity index (χ3n) is 4.85. The lowest BCUT2D eigenvalue weighted by molar-refractivity contribution is 0.501. The number of hydrogen-bond acceptors (Lipinski definition) is 3. The zero-order valence-corrected chi connectivity index (χ0v) is 15.4. The minimum Gasteiger partial charge on any atom is -0.378 e. The van der Waals surface area contributed by atoms with Crippen molar-refractivity contribution in [3.63, 3.8) is 0 Å². The first-order chi connectivity index (χ1) is 13.1. The molecule has 0 bridgehead atoms. The summed E-state index contributed by atoms with van der Waals surface area (Å²) in [5.41, 5.74) is 3.82. The molecule has 1 aromatic carbocycles. The molecule has 0 saturated carbocycles. The van der Waals surface area contributed by atoms with Crippen LogP contribution in [0.2, 0.25) is 0 Å². The molecule has 27 heavy (non-hydrogen) atoms. The number of fused-ring (bicyclic) bond motifs is 1. The average molecular weight is 360 g/mol. The highest BCUT2D eigenvalue weighted by molar-refractivity contribution is 5.87. The molecule has 4 nitrogen and oxygen atoms in total. The second kappa shape index (κ2) is 7.24. The van der Waals surface area contributed by atoms with Crippen LogP contribution in [-0.2, 0) is 0 Å². The van der Waals surface area contributed by atoms with Crippen LogP contribution in [0.15, 0.2) is 52.5 Å². The maximum absolute atomic E-state index is 13.1. The first-order valence-corrected chi connectivity index (χ1v) is 9.03. The van der Waals surface area contributed by atoms with E-state index in [1.54, 1.807) is 0 Å². The quantitative estimate of drug-likeness (QED) is 0.820. The van der Waals surface area contributed by atoms with Gasteiger partial charge in [0.25, 0.3) is 0 Å². The molecule has 2 unspecified atom stereocenters. The van der Waals surface area contributed by atoms with E-state index in [0.29, 0.717) is 6.54 Å². The number of benzene rings is 1. The fourth-order valence-corrected chi connectivity index (χ4v) is 3.27. The standard InChI is InChI=1S/C22H21FN4/c1-27(2)19-9-4-15(5-10-19)3-8-18-13-16-6-11-20(26-22(16)25-18)17-7-12-21(23)24-14-17/h4-7,9-10,12-13,17,20H,11,14H2,1-2H3,(H,25,26). The van der Waals surface area contributed by atoms with E-state index >= 15 is 0 Å². The Morgan fingerprint density at radius 1 is 1.19 bits per heavy atom. The number of rotatable bonds is 2. The van der Waals surface area contributed by atoms with Crippen LogP contribution in [0.5, 0.6) is 0 Å². The van der Waals surface area contributed by atoms with Crippen molar-refractivity contribution in [2.75, 3.05) is 25.5 Å². The highest BCUT2D eigenvalue weighted by Crippen LogP contribution is 2.18. The number of aromatic amines is 1. The number of allylic oxidation sites excluding steroid dienone is 1. The number of dihydropyridines is 1. The first-order valence-electron chi connectivity index (χ1n) is 9.03. The molecular weight excluding hydrogens is 339 g/mol. The highest BCUT2D eigenvalue weighted by Gasteiger charge is 2.21. The van der Waals surface area contributed by atoms with E-state index in [9.17, 15) is 4.39 Å². The number of anilines is 1. The smallest absolute Gasteiger partial charge is 0.208 e. The van der Waals surface area contributed by atoms with Crippen LogP contribution in [0.4, 0.5) is 10.1 Å². The van der Waals surface area contributed by atoms with E-state index in [1.807, 2.05) is 38.4 Å². The van der Waals surface area contributed by atoms with Gasteiger partial charge < -0.3 is 9.88 Å². The molecule has 136 valence electrons. The lowest BCUT2D eigenvalue weighted by Gasteiger charge is -2.21. The Balaban J connectivity index is 1.54. The van der Waals surface area contributed by atoms with Gasteiger partial charge in [-0.15, -0.1) is 0 Å². The molecule has 0 amide bonds. The van der Waals surface area contributed by atoms with Crippen LogP contribution in [0.25, 0.3) is 6.08 Å². The summed E-state index contributed by atoms with van der Waals surface area (Å²) >= 11 is 0. The van der Waals surface area contributed by atoms with Crippen molar-refractivity contribution in [2.45, 2.75) is 12.5 Å². The zero-order chi connectivity index (χ0) is 18.8. The molecule has 2 aliphatic rings. The van der Waals surface area contributed by atoms with Crippen molar-refractivity contribution in [2.24, 2.45) is 15.9 Å². The van der Waals surface area contributed by atoms with Crippen molar-refractivity contribution in [1.29, 1.82) is 0 Å². The number of aliphatic imine (C=N–C) groups is 1. The molecule has 0 radical (unpaired) electrons. The van der Waals surface area contributed by atoms with Gasteiger partial charge in [-0.3, -0.25) is 9.98 Å². The predicted octanol–water partition coefficient (Wildman–Crippen LogP) is 2.21. The van der Waals surface area contributed by atoms with Gasteiger partial charge in [-0.2, -0.15) is 4.39 Å². The topological polar surface area (TPSA) is 43.8 Å². The van der Waals surface area contributed by atoms with E-state index in [2.05, 4.69) is 44.9 Å². The fraction of sp³-hybridized carbons (Fsp3) is 0.273. The minimum atomic E-state index is -0.400. The van der Waals surface area contributed by atoms with Gasteiger partial charge in [-0.1, -0.05) is 18.1 Å². The third kappa shape index (κ3) is 3.85. The second-order valence-corrected chi connectivity index (χ2v) is 7.00. The Kier molecular flexibility index (Phi) is 4.64. The van der Waals surface area contributed by atoms with Crippen LogP contribution >= 0.6 is 0 Å². The summed E-state index contributed by atoms with van der Waals surface area (Å²) in [4.78, 5) is 14.0. The molecule has 1 N–H and O–H groups in total. The number of nitrogens with zero attached hydrogens (tertiary/aromatic N) is 3. The second-order valence-electron chi connectivity index (χ2n) is 7.00. The SMILES string of the molecule is CN(C)c1ccc(C#Cc2cc3c([nH]2)=NC(C2C=CC(F)=NC2)CC=3)cc1. The van der Waals surface area contributed by atoms with Crippen molar-refractivity contribution >= 4 is 17.7 Å². The summed E-state index contributed by atoms with van der Waals surface area (Å²) < 4.78 is 13.1. The Hall–Kier alpha value is -3.13. The maximum Gasteiger partial charge on any atom is 0.208 e. The molecule has 5 heteroatoms. The van der Waals surface area contributed by atoms with E-state index in [4.69, 9.17) is 4.99 Å². The molecule has 2 aliphatic heterocycles. The summed E-state index contributed by atoms with van der Waals surface area (Å²) in [5, 5.41) is 1.08. The summed E-state index contributed by atoms with van der Waals surface area (Å²) in [6.45, 7) is 0.454. The van der Waals surface area contributed by atoms with Crippen molar-refractivity contribution < 1.29 is 4.39 Å². The summed E-state index contributed by atoms with van der Waals surface area (Å²) in [6.07, 6.45) is 6.31. The highest BCUT2D eigenvalue weighted by atomic mass is 19.1. The monoisotopic (exact) mass is 360 g/mol. The Morgan fingerprint density at radius 3 is 2.70 bits per heavy atom. The number of H-pyrrole nitrogens is 1. The Morgan fingerprint density at radius 2 is 2.00 bits per heavy atom. The van der Waals surface area contributed by atoms with E-state index in [1.165, 1.54) is 6.08 Å². The van der Waals surface area contributed by atoms with Gasteiger partial charge in [0.05, 0.1) is 18.3 Å². The molecule has 0 spiro atoms. The molecule has 4 rings (SSSR count). The maximum atomic E-state index is 13.1. The van der Waals surface area contributed by atoms with Gasteiger partial charge in [-0.05, 0) is 48.7 Å². The van der Waals surface area contributed by atoms with Crippen LogP contribution in [0, 0.1) is 17.8 Å². The number of hydrogen-bond donors (Lipinski definition) is 1. The molecule has 1 aromatic heterocycles. The molecule has 2 atom stereocenters. The average Bonchev–Trinajstić information content (AvgIpc) is 3.09. The van der Waals surface area contributed by atoms with Gasteiger partial charge >= 0.3 is 0 Å². The molecule has 0 aliphatic carbocycles. The van der Waals surface area contributed by atoms with Crippen molar-refractivity contribution in [1.82, 2.24) is 4.98 Å². The minimum absolute atomic E-state index is 0.0867. The largest absolute Gasteiger partial charge is 0.378 e. The summed E-state index contributed by atoms with van der Waals surface area (Å²) in [5.74, 6) is 6.11. The van der Waals surface area contributed by atoms with E-state index < -0.39 is 5.97 Å². The summed E-state index contributed by atoms with van der Waals surface area (Å²) in [6, 6.07) is 10.3. The van der Waals surface area contributed by atoms with Crippen LogP contribution in [0.1, 0.15) is 17.7 Å². The number of nitrogens with one attached hydrogen (secondary N) is 1. The lowest BCUT2D eigenvalue weighted by atomic mass is 9.94. The van der Waals surface area contributed by atoms with Crippen molar-refractivity contribution in [3.8, 4) is 11.8 Å². The normalized spacial score (nSPS) is 20.5. The van der Waals surface area contributed by atoms with Crippen molar-refractivity contribution in [3.05, 3.63) is 64.4 Å². The first kappa shape index (κ1) is 17.3. The molecule has 3 heterocycles. The van der Waals surface area contributed by atoms with Crippen LogP contribution in [-0.4, -0.2) is 37.6 Å². The third-order valence-corrected chi connectivity index (χ3v) is 4.85. The number of aromatic nitrogens is 1. The van der Waals surface area contributed by atoms with E-state index in [0.717, 1.165) is 34.1 Å². The lowest BCUT2D eigenvalue weighted by Crippen LogP contribution is -2.34. The molecular formula is C22H21FN4.